The maximum Gasteiger partial charge on any atom is 0.245 e. The van der Waals surface area contributed by atoms with Gasteiger partial charge < -0.3 is 19.9 Å². The van der Waals surface area contributed by atoms with Crippen LogP contribution in [0.3, 0.4) is 0 Å². The highest BCUT2D eigenvalue weighted by molar-refractivity contribution is 7.98. The van der Waals surface area contributed by atoms with Gasteiger partial charge in [-0.3, -0.25) is 4.79 Å². The molecule has 3 rings (SSSR count). The van der Waals surface area contributed by atoms with Crippen molar-refractivity contribution in [3.8, 4) is 5.75 Å². The van der Waals surface area contributed by atoms with Crippen molar-refractivity contribution in [3.63, 3.8) is 0 Å². The Kier molecular flexibility index (Phi) is 7.79. The second-order valence-electron chi connectivity index (χ2n) is 7.44. The Morgan fingerprint density at radius 1 is 1.17 bits per heavy atom. The van der Waals surface area contributed by atoms with Gasteiger partial charge in [0.15, 0.2) is 0 Å². The van der Waals surface area contributed by atoms with Crippen molar-refractivity contribution in [2.24, 2.45) is 0 Å². The van der Waals surface area contributed by atoms with Crippen LogP contribution in [0.25, 0.3) is 0 Å². The molecule has 7 nitrogen and oxygen atoms in total. The number of nitrogens with zero attached hydrogens (tertiary/aromatic N) is 4. The Balaban J connectivity index is 1.66. The summed E-state index contributed by atoms with van der Waals surface area (Å²) in [5.74, 6) is 2.41. The number of carbonyl (C=O) groups excluding carboxylic acids is 1. The average Bonchev–Trinajstić information content (AvgIpc) is 2.75. The van der Waals surface area contributed by atoms with E-state index in [-0.39, 0.29) is 11.9 Å². The number of aromatic nitrogens is 2. The van der Waals surface area contributed by atoms with Crippen molar-refractivity contribution >= 4 is 29.3 Å². The average molecular weight is 430 g/mol. The number of hydrogen-bond acceptors (Lipinski definition) is 7. The molecular weight excluding hydrogens is 398 g/mol. The molecule has 1 aliphatic heterocycles. The molecule has 0 unspecified atom stereocenters. The largest absolute Gasteiger partial charge is 0.495 e. The van der Waals surface area contributed by atoms with Crippen molar-refractivity contribution in [3.05, 3.63) is 41.7 Å². The first-order valence-corrected chi connectivity index (χ1v) is 11.7. The second-order valence-corrected chi connectivity index (χ2v) is 8.42. The molecule has 1 aliphatic rings. The van der Waals surface area contributed by atoms with Crippen LogP contribution in [0.4, 0.5) is 11.6 Å². The lowest BCUT2D eigenvalue weighted by Crippen LogP contribution is -2.53. The zero-order valence-electron chi connectivity index (χ0n) is 18.2. The third-order valence-corrected chi connectivity index (χ3v) is 5.86. The number of ether oxygens (including phenoxy) is 1. The number of nitrogens with one attached hydrogen (secondary N) is 1. The smallest absolute Gasteiger partial charge is 0.245 e. The maximum atomic E-state index is 13.3. The fraction of sp³-hybridized carbons (Fsp3) is 0.500. The molecule has 0 radical (unpaired) electrons. The van der Waals surface area contributed by atoms with E-state index in [2.05, 4.69) is 32.5 Å². The number of piperazine rings is 1. The first kappa shape index (κ1) is 22.2. The minimum absolute atomic E-state index is 0.117. The zero-order valence-corrected chi connectivity index (χ0v) is 19.0. The van der Waals surface area contributed by atoms with E-state index in [1.807, 2.05) is 43.0 Å². The van der Waals surface area contributed by atoms with Gasteiger partial charge in [-0.2, -0.15) is 11.8 Å². The summed E-state index contributed by atoms with van der Waals surface area (Å²) in [6, 6.07) is 9.63. The number of thioether (sulfide) groups is 1. The highest BCUT2D eigenvalue weighted by Gasteiger charge is 2.28. The number of para-hydroxylation sites is 2. The number of carbonyl (C=O) groups is 1. The standard InChI is InChI=1S/C22H31N5O2S/c1-16-15-17(2)24-22(23-16)25-18(9-14-30-4)21(28)27-12-10-26(11-13-27)19-7-5-6-8-20(19)29-3/h5-8,15,18H,9-14H2,1-4H3,(H,23,24,25)/t18-/m0/s1. The predicted octanol–water partition coefficient (Wildman–Crippen LogP) is 2.98. The normalized spacial score (nSPS) is 15.1. The monoisotopic (exact) mass is 429 g/mol. The van der Waals surface area contributed by atoms with Crippen LogP contribution in [0.2, 0.25) is 0 Å². The lowest BCUT2D eigenvalue weighted by molar-refractivity contribution is -0.132. The molecule has 2 heterocycles. The van der Waals surface area contributed by atoms with Gasteiger partial charge in [-0.1, -0.05) is 12.1 Å². The second kappa shape index (κ2) is 10.5. The molecule has 1 aromatic heterocycles. The molecule has 1 aromatic carbocycles. The Morgan fingerprint density at radius 2 is 1.83 bits per heavy atom. The number of anilines is 2. The molecule has 1 N–H and O–H groups in total. The van der Waals surface area contributed by atoms with E-state index in [1.165, 1.54) is 0 Å². The third-order valence-electron chi connectivity index (χ3n) is 5.21. The first-order valence-electron chi connectivity index (χ1n) is 10.3. The molecule has 30 heavy (non-hydrogen) atoms. The van der Waals surface area contributed by atoms with E-state index < -0.39 is 0 Å². The van der Waals surface area contributed by atoms with E-state index in [4.69, 9.17) is 4.74 Å². The fourth-order valence-electron chi connectivity index (χ4n) is 3.72. The van der Waals surface area contributed by atoms with Gasteiger partial charge in [-0.15, -0.1) is 0 Å². The minimum Gasteiger partial charge on any atom is -0.495 e. The molecule has 0 bridgehead atoms. The van der Waals surface area contributed by atoms with Gasteiger partial charge in [0.25, 0.3) is 0 Å². The lowest BCUT2D eigenvalue weighted by atomic mass is 10.1. The van der Waals surface area contributed by atoms with Crippen molar-refractivity contribution in [1.82, 2.24) is 14.9 Å². The molecule has 0 spiro atoms. The van der Waals surface area contributed by atoms with Gasteiger partial charge in [-0.05, 0) is 50.5 Å². The van der Waals surface area contributed by atoms with E-state index in [0.29, 0.717) is 19.0 Å². The van der Waals surface area contributed by atoms with Crippen molar-refractivity contribution in [1.29, 1.82) is 0 Å². The maximum absolute atomic E-state index is 13.3. The fourth-order valence-corrected chi connectivity index (χ4v) is 4.19. The van der Waals surface area contributed by atoms with Crippen LogP contribution < -0.4 is 15.0 Å². The Hall–Kier alpha value is -2.48. The number of amides is 1. The van der Waals surface area contributed by atoms with Gasteiger partial charge in [-0.25, -0.2) is 9.97 Å². The Labute approximate surface area is 183 Å². The van der Waals surface area contributed by atoms with Crippen LogP contribution in [-0.2, 0) is 4.79 Å². The summed E-state index contributed by atoms with van der Waals surface area (Å²) in [6.45, 7) is 6.80. The predicted molar refractivity (Wildman–Crippen MR) is 124 cm³/mol. The van der Waals surface area contributed by atoms with Gasteiger partial charge in [0.1, 0.15) is 11.8 Å². The molecule has 1 amide bonds. The van der Waals surface area contributed by atoms with Crippen molar-refractivity contribution in [2.75, 3.05) is 55.5 Å². The number of aryl methyl sites for hydroxylation is 2. The SMILES string of the molecule is COc1ccccc1N1CCN(C(=O)[C@H](CCSC)Nc2nc(C)cc(C)n2)CC1. The summed E-state index contributed by atoms with van der Waals surface area (Å²) in [5, 5.41) is 3.29. The van der Waals surface area contributed by atoms with Crippen molar-refractivity contribution in [2.45, 2.75) is 26.3 Å². The summed E-state index contributed by atoms with van der Waals surface area (Å²) in [4.78, 5) is 26.4. The van der Waals surface area contributed by atoms with Crippen LogP contribution in [0, 0.1) is 13.8 Å². The number of rotatable bonds is 8. The highest BCUT2D eigenvalue weighted by atomic mass is 32.2. The molecule has 0 saturated carbocycles. The van der Waals surface area contributed by atoms with E-state index in [1.54, 1.807) is 18.9 Å². The van der Waals surface area contributed by atoms with E-state index in [9.17, 15) is 4.79 Å². The van der Waals surface area contributed by atoms with Crippen molar-refractivity contribution < 1.29 is 9.53 Å². The van der Waals surface area contributed by atoms with Gasteiger partial charge >= 0.3 is 0 Å². The first-order chi connectivity index (χ1) is 14.5. The molecule has 1 fully saturated rings. The number of hydrogen-bond donors (Lipinski definition) is 1. The minimum atomic E-state index is -0.323. The van der Waals surface area contributed by atoms with Gasteiger partial charge in [0.05, 0.1) is 12.8 Å². The number of methoxy groups -OCH3 is 1. The summed E-state index contributed by atoms with van der Waals surface area (Å²) in [5.41, 5.74) is 2.87. The van der Waals surface area contributed by atoms with E-state index >= 15 is 0 Å². The highest BCUT2D eigenvalue weighted by Crippen LogP contribution is 2.28. The summed E-state index contributed by atoms with van der Waals surface area (Å²) >= 11 is 1.74. The summed E-state index contributed by atoms with van der Waals surface area (Å²) in [7, 11) is 1.69. The summed E-state index contributed by atoms with van der Waals surface area (Å²) < 4.78 is 5.49. The number of benzene rings is 1. The quantitative estimate of drug-likeness (QED) is 0.692. The molecule has 8 heteroatoms. The molecule has 162 valence electrons. The van der Waals surface area contributed by atoms with E-state index in [0.717, 1.165) is 48.1 Å². The molecular formula is C22H31N5O2S. The van der Waals surface area contributed by atoms with Gasteiger partial charge in [0.2, 0.25) is 11.9 Å². The van der Waals surface area contributed by atoms with Crippen LogP contribution in [-0.4, -0.2) is 72.1 Å². The lowest BCUT2D eigenvalue weighted by Gasteiger charge is -2.38. The zero-order chi connectivity index (χ0) is 21.5. The van der Waals surface area contributed by atoms with Crippen LogP contribution in [0.15, 0.2) is 30.3 Å². The molecule has 1 saturated heterocycles. The summed E-state index contributed by atoms with van der Waals surface area (Å²) in [6.07, 6.45) is 2.80. The molecule has 2 aromatic rings. The van der Waals surface area contributed by atoms with Crippen LogP contribution >= 0.6 is 11.8 Å². The topological polar surface area (TPSA) is 70.6 Å². The molecule has 1 atom stereocenters. The Bertz CT molecular complexity index is 835. The Morgan fingerprint density at radius 3 is 2.47 bits per heavy atom. The van der Waals surface area contributed by atoms with Crippen LogP contribution in [0.1, 0.15) is 17.8 Å². The molecule has 0 aliphatic carbocycles. The van der Waals surface area contributed by atoms with Crippen LogP contribution in [0.5, 0.6) is 5.75 Å². The van der Waals surface area contributed by atoms with Gasteiger partial charge in [0, 0.05) is 37.6 Å². The third kappa shape index (κ3) is 5.56.